The zero-order valence-corrected chi connectivity index (χ0v) is 9.09. The zero-order chi connectivity index (χ0) is 9.61. The highest BCUT2D eigenvalue weighted by Gasteiger charge is 2.22. The zero-order valence-electron chi connectivity index (χ0n) is 9.09. The molecule has 0 nitrogen and oxygen atoms in total. The Morgan fingerprint density at radius 2 is 1.58 bits per heavy atom. The molecule has 0 heterocycles. The highest BCUT2D eigenvalue weighted by Crippen LogP contribution is 2.32. The van der Waals surface area contributed by atoms with E-state index in [0.29, 0.717) is 5.92 Å². The van der Waals surface area contributed by atoms with Crippen LogP contribution in [0.25, 0.3) is 0 Å². The van der Waals surface area contributed by atoms with Gasteiger partial charge in [0.25, 0.3) is 0 Å². The third-order valence-electron chi connectivity index (χ3n) is 2.73. The minimum Gasteiger partial charge on any atom is -0.0908 e. The lowest BCUT2D eigenvalue weighted by atomic mass is 9.76. The van der Waals surface area contributed by atoms with Crippen molar-refractivity contribution in [2.24, 2.45) is 11.3 Å². The van der Waals surface area contributed by atoms with Gasteiger partial charge >= 0.3 is 0 Å². The van der Waals surface area contributed by atoms with E-state index in [1.165, 1.54) is 6.42 Å². The summed E-state index contributed by atoms with van der Waals surface area (Å²) in [5.74, 6) is 0.713. The van der Waals surface area contributed by atoms with Crippen LogP contribution in [0.2, 0.25) is 0 Å². The summed E-state index contributed by atoms with van der Waals surface area (Å²) in [7, 11) is 0. The molecule has 1 atom stereocenters. The van der Waals surface area contributed by atoms with Gasteiger partial charge in [-0.05, 0) is 19.8 Å². The highest BCUT2D eigenvalue weighted by atomic mass is 14.3. The van der Waals surface area contributed by atoms with E-state index in [1.807, 2.05) is 0 Å². The SMILES string of the molecule is CC=CC(C)(C=CC)C(C)CC. The van der Waals surface area contributed by atoms with E-state index in [0.717, 1.165) is 0 Å². The standard InChI is InChI=1S/C12H22/c1-6-9-12(5,10-7-2)11(4)8-3/h6-7,9-11H,8H2,1-5H3. The van der Waals surface area contributed by atoms with Gasteiger partial charge in [0.05, 0.1) is 0 Å². The second-order valence-electron chi connectivity index (χ2n) is 3.68. The highest BCUT2D eigenvalue weighted by molar-refractivity contribution is 5.10. The first-order chi connectivity index (χ1) is 5.60. The van der Waals surface area contributed by atoms with Gasteiger partial charge in [-0.3, -0.25) is 0 Å². The fourth-order valence-corrected chi connectivity index (χ4v) is 1.54. The molecule has 0 saturated heterocycles. The molecule has 0 spiro atoms. The van der Waals surface area contributed by atoms with Gasteiger partial charge in [0, 0.05) is 5.41 Å². The number of hydrogen-bond donors (Lipinski definition) is 0. The quantitative estimate of drug-likeness (QED) is 0.549. The molecule has 0 fully saturated rings. The molecule has 0 radical (unpaired) electrons. The molecule has 0 amide bonds. The Hall–Kier alpha value is -0.520. The van der Waals surface area contributed by atoms with E-state index in [4.69, 9.17) is 0 Å². The van der Waals surface area contributed by atoms with Gasteiger partial charge in [0.1, 0.15) is 0 Å². The molecule has 1 unspecified atom stereocenters. The minimum absolute atomic E-state index is 0.248. The maximum atomic E-state index is 2.31. The van der Waals surface area contributed by atoms with Crippen LogP contribution in [-0.4, -0.2) is 0 Å². The second kappa shape index (κ2) is 5.18. The molecule has 0 aliphatic carbocycles. The third-order valence-corrected chi connectivity index (χ3v) is 2.73. The van der Waals surface area contributed by atoms with Crippen molar-refractivity contribution in [2.45, 2.75) is 41.0 Å². The van der Waals surface area contributed by atoms with E-state index in [1.54, 1.807) is 0 Å². The van der Waals surface area contributed by atoms with E-state index in [2.05, 4.69) is 58.9 Å². The Balaban J connectivity index is 4.60. The molecule has 0 N–H and O–H groups in total. The fraction of sp³-hybridized carbons (Fsp3) is 0.667. The van der Waals surface area contributed by atoms with Gasteiger partial charge in [-0.15, -0.1) is 0 Å². The van der Waals surface area contributed by atoms with Crippen LogP contribution in [0.5, 0.6) is 0 Å². The summed E-state index contributed by atoms with van der Waals surface area (Å²) in [5, 5.41) is 0. The molecule has 0 aromatic heterocycles. The minimum atomic E-state index is 0.248. The molecular weight excluding hydrogens is 144 g/mol. The van der Waals surface area contributed by atoms with Crippen LogP contribution in [0.4, 0.5) is 0 Å². The Morgan fingerprint density at radius 3 is 1.83 bits per heavy atom. The normalized spacial score (nSPS) is 20.1. The summed E-state index contributed by atoms with van der Waals surface area (Å²) in [6, 6.07) is 0. The Bertz CT molecular complexity index is 151. The number of rotatable bonds is 4. The van der Waals surface area contributed by atoms with Crippen LogP contribution in [0.1, 0.15) is 41.0 Å². The van der Waals surface area contributed by atoms with Gasteiger partial charge in [-0.2, -0.15) is 0 Å². The van der Waals surface area contributed by atoms with Gasteiger partial charge in [0.15, 0.2) is 0 Å². The van der Waals surface area contributed by atoms with Crippen molar-refractivity contribution in [1.82, 2.24) is 0 Å². The Labute approximate surface area is 77.4 Å². The van der Waals surface area contributed by atoms with Crippen molar-refractivity contribution >= 4 is 0 Å². The van der Waals surface area contributed by atoms with Crippen LogP contribution >= 0.6 is 0 Å². The summed E-state index contributed by atoms with van der Waals surface area (Å²) >= 11 is 0. The molecule has 70 valence electrons. The van der Waals surface area contributed by atoms with Crippen LogP contribution in [-0.2, 0) is 0 Å². The van der Waals surface area contributed by atoms with Gasteiger partial charge in [0.2, 0.25) is 0 Å². The molecular formula is C12H22. The third kappa shape index (κ3) is 2.84. The maximum Gasteiger partial charge on any atom is 0.00579 e. The Morgan fingerprint density at radius 1 is 1.17 bits per heavy atom. The van der Waals surface area contributed by atoms with E-state index in [9.17, 15) is 0 Å². The first-order valence-corrected chi connectivity index (χ1v) is 4.88. The number of allylic oxidation sites excluding steroid dienone is 4. The van der Waals surface area contributed by atoms with Crippen molar-refractivity contribution in [2.75, 3.05) is 0 Å². The maximum absolute atomic E-state index is 2.31. The first-order valence-electron chi connectivity index (χ1n) is 4.88. The molecule has 0 aromatic carbocycles. The average Bonchev–Trinajstić information content (AvgIpc) is 2.04. The van der Waals surface area contributed by atoms with Crippen LogP contribution < -0.4 is 0 Å². The number of hydrogen-bond acceptors (Lipinski definition) is 0. The molecule has 0 aliphatic rings. The molecule has 0 bridgehead atoms. The van der Waals surface area contributed by atoms with Gasteiger partial charge in [-0.1, -0.05) is 51.5 Å². The van der Waals surface area contributed by atoms with Crippen LogP contribution in [0.3, 0.4) is 0 Å². The lowest BCUT2D eigenvalue weighted by molar-refractivity contribution is 0.342. The summed E-state index contributed by atoms with van der Waals surface area (Å²) in [5.41, 5.74) is 0.248. The molecule has 0 aromatic rings. The topological polar surface area (TPSA) is 0 Å². The summed E-state index contributed by atoms with van der Waals surface area (Å²) in [6.07, 6.45) is 10.1. The van der Waals surface area contributed by atoms with E-state index >= 15 is 0 Å². The predicted molar refractivity (Wildman–Crippen MR) is 57.2 cm³/mol. The van der Waals surface area contributed by atoms with Crippen molar-refractivity contribution in [3.8, 4) is 0 Å². The lowest BCUT2D eigenvalue weighted by Crippen LogP contribution is -2.19. The first kappa shape index (κ1) is 11.5. The van der Waals surface area contributed by atoms with Crippen LogP contribution in [0, 0.1) is 11.3 Å². The summed E-state index contributed by atoms with van der Waals surface area (Å²) in [6.45, 7) is 11.0. The summed E-state index contributed by atoms with van der Waals surface area (Å²) < 4.78 is 0. The van der Waals surface area contributed by atoms with Gasteiger partial charge < -0.3 is 0 Å². The van der Waals surface area contributed by atoms with Crippen molar-refractivity contribution in [1.29, 1.82) is 0 Å². The van der Waals surface area contributed by atoms with Crippen LogP contribution in [0.15, 0.2) is 24.3 Å². The smallest absolute Gasteiger partial charge is 0.00579 e. The largest absolute Gasteiger partial charge is 0.0908 e. The molecule has 0 rings (SSSR count). The summed E-state index contributed by atoms with van der Waals surface area (Å²) in [4.78, 5) is 0. The average molecular weight is 166 g/mol. The van der Waals surface area contributed by atoms with Gasteiger partial charge in [-0.25, -0.2) is 0 Å². The van der Waals surface area contributed by atoms with E-state index < -0.39 is 0 Å². The molecule has 12 heavy (non-hydrogen) atoms. The lowest BCUT2D eigenvalue weighted by Gasteiger charge is -2.28. The predicted octanol–water partition coefficient (Wildman–Crippen LogP) is 4.19. The monoisotopic (exact) mass is 166 g/mol. The van der Waals surface area contributed by atoms with E-state index in [-0.39, 0.29) is 5.41 Å². The molecule has 0 saturated carbocycles. The Kier molecular flexibility index (Phi) is 4.96. The van der Waals surface area contributed by atoms with Crippen molar-refractivity contribution in [3.05, 3.63) is 24.3 Å². The van der Waals surface area contributed by atoms with Crippen molar-refractivity contribution in [3.63, 3.8) is 0 Å². The molecule has 0 heteroatoms. The fourth-order valence-electron chi connectivity index (χ4n) is 1.54. The molecule has 0 aliphatic heterocycles. The second-order valence-corrected chi connectivity index (χ2v) is 3.68. The van der Waals surface area contributed by atoms with Crippen molar-refractivity contribution < 1.29 is 0 Å².